The first-order valence-electron chi connectivity index (χ1n) is 6.39. The van der Waals surface area contributed by atoms with Gasteiger partial charge in [-0.25, -0.2) is 0 Å². The molecule has 0 bridgehead atoms. The minimum atomic E-state index is 0.121. The normalized spacial score (nSPS) is 24.7. The van der Waals surface area contributed by atoms with Crippen LogP contribution in [-0.2, 0) is 4.79 Å². The minimum Gasteiger partial charge on any atom is -0.464 e. The van der Waals surface area contributed by atoms with Crippen LogP contribution in [0.25, 0.3) is 11.0 Å². The summed E-state index contributed by atoms with van der Waals surface area (Å²) in [5.74, 6) is 0.335. The van der Waals surface area contributed by atoms with Gasteiger partial charge in [-0.1, -0.05) is 12.1 Å². The van der Waals surface area contributed by atoms with Crippen molar-refractivity contribution in [3.05, 3.63) is 35.6 Å². The van der Waals surface area contributed by atoms with Crippen molar-refractivity contribution in [3.63, 3.8) is 0 Å². The van der Waals surface area contributed by atoms with Crippen molar-refractivity contribution in [2.75, 3.05) is 0 Å². The molecule has 0 aliphatic carbocycles. The van der Waals surface area contributed by atoms with E-state index < -0.39 is 0 Å². The van der Waals surface area contributed by atoms with Crippen molar-refractivity contribution in [3.8, 4) is 0 Å². The molecule has 1 fully saturated rings. The number of carbonyl (C=O) groups excluding carboxylic acids is 1. The van der Waals surface area contributed by atoms with E-state index in [0.717, 1.165) is 22.1 Å². The Morgan fingerprint density at radius 3 is 2.94 bits per heavy atom. The van der Waals surface area contributed by atoms with Crippen LogP contribution in [0.2, 0.25) is 0 Å². The minimum absolute atomic E-state index is 0.121. The van der Waals surface area contributed by atoms with E-state index in [1.165, 1.54) is 0 Å². The number of ketones is 1. The van der Waals surface area contributed by atoms with Gasteiger partial charge < -0.3 is 9.73 Å². The zero-order valence-electron chi connectivity index (χ0n) is 10.7. The van der Waals surface area contributed by atoms with E-state index in [1.807, 2.05) is 13.0 Å². The molecule has 1 saturated heterocycles. The highest BCUT2D eigenvalue weighted by molar-refractivity contribution is 5.83. The van der Waals surface area contributed by atoms with Crippen LogP contribution in [0.5, 0.6) is 0 Å². The van der Waals surface area contributed by atoms with Crippen molar-refractivity contribution in [1.82, 2.24) is 5.32 Å². The number of fused-ring (bicyclic) bond motifs is 1. The molecule has 1 N–H and O–H groups in total. The summed E-state index contributed by atoms with van der Waals surface area (Å²) in [7, 11) is 0. The van der Waals surface area contributed by atoms with Crippen molar-refractivity contribution < 1.29 is 9.21 Å². The number of Topliss-reactive ketones (excluding diaryl/α,β-unsaturated/α-hetero) is 1. The summed E-state index contributed by atoms with van der Waals surface area (Å²) in [6.45, 7) is 4.09. The summed E-state index contributed by atoms with van der Waals surface area (Å²) in [6, 6.07) is 6.59. The summed E-state index contributed by atoms with van der Waals surface area (Å²) in [4.78, 5) is 11.7. The van der Waals surface area contributed by atoms with Gasteiger partial charge in [0.05, 0.1) is 6.26 Å². The molecule has 2 unspecified atom stereocenters. The predicted molar refractivity (Wildman–Crippen MR) is 70.5 cm³/mol. The summed E-state index contributed by atoms with van der Waals surface area (Å²) >= 11 is 0. The molecule has 0 spiro atoms. The smallest absolute Gasteiger partial charge is 0.136 e. The molecule has 1 aromatic heterocycles. The largest absolute Gasteiger partial charge is 0.464 e. The second kappa shape index (κ2) is 4.25. The standard InChI is InChI=1S/C15H17NO2/c1-9-8-18-15-6-11(3-4-13(9)15)14-7-12(17)5-10(2)16-14/h3-4,6,8,10,14,16H,5,7H2,1-2H3. The second-order valence-corrected chi connectivity index (χ2v) is 5.24. The maximum Gasteiger partial charge on any atom is 0.136 e. The lowest BCUT2D eigenvalue weighted by Gasteiger charge is -2.28. The topological polar surface area (TPSA) is 42.2 Å². The number of rotatable bonds is 1. The second-order valence-electron chi connectivity index (χ2n) is 5.24. The molecule has 3 nitrogen and oxygen atoms in total. The number of benzene rings is 1. The van der Waals surface area contributed by atoms with Crippen LogP contribution in [0, 0.1) is 6.92 Å². The Morgan fingerprint density at radius 1 is 1.33 bits per heavy atom. The molecule has 1 aliphatic rings. The molecule has 0 saturated carbocycles. The monoisotopic (exact) mass is 243 g/mol. The Morgan fingerprint density at radius 2 is 2.17 bits per heavy atom. The molecule has 0 radical (unpaired) electrons. The Hall–Kier alpha value is -1.61. The average molecular weight is 243 g/mol. The number of aryl methyl sites for hydroxylation is 1. The first kappa shape index (κ1) is 11.5. The van der Waals surface area contributed by atoms with Gasteiger partial charge in [0.15, 0.2) is 0 Å². The third-order valence-electron chi connectivity index (χ3n) is 3.65. The molecule has 18 heavy (non-hydrogen) atoms. The zero-order chi connectivity index (χ0) is 12.7. The number of carbonyl (C=O) groups is 1. The van der Waals surface area contributed by atoms with Gasteiger partial charge in [0.2, 0.25) is 0 Å². The molecule has 0 amide bonds. The Balaban J connectivity index is 1.96. The zero-order valence-corrected chi connectivity index (χ0v) is 10.7. The molecular weight excluding hydrogens is 226 g/mol. The van der Waals surface area contributed by atoms with E-state index in [-0.39, 0.29) is 12.1 Å². The van der Waals surface area contributed by atoms with E-state index in [2.05, 4.69) is 24.4 Å². The molecular formula is C15H17NO2. The van der Waals surface area contributed by atoms with Gasteiger partial charge in [-0.3, -0.25) is 4.79 Å². The fraction of sp³-hybridized carbons (Fsp3) is 0.400. The first-order chi connectivity index (χ1) is 8.63. The highest BCUT2D eigenvalue weighted by atomic mass is 16.3. The van der Waals surface area contributed by atoms with E-state index in [0.29, 0.717) is 18.6 Å². The number of hydrogen-bond acceptors (Lipinski definition) is 3. The van der Waals surface area contributed by atoms with Crippen molar-refractivity contribution in [2.24, 2.45) is 0 Å². The van der Waals surface area contributed by atoms with Crippen molar-refractivity contribution >= 4 is 16.8 Å². The molecule has 1 aliphatic heterocycles. The van der Waals surface area contributed by atoms with Crippen LogP contribution in [0.15, 0.2) is 28.9 Å². The molecule has 2 atom stereocenters. The highest BCUT2D eigenvalue weighted by Crippen LogP contribution is 2.28. The fourth-order valence-electron chi connectivity index (χ4n) is 2.72. The Labute approximate surface area is 106 Å². The maximum atomic E-state index is 11.7. The van der Waals surface area contributed by atoms with Crippen LogP contribution in [0.4, 0.5) is 0 Å². The van der Waals surface area contributed by atoms with E-state index in [4.69, 9.17) is 4.42 Å². The van der Waals surface area contributed by atoms with Gasteiger partial charge in [-0.2, -0.15) is 0 Å². The van der Waals surface area contributed by atoms with E-state index in [1.54, 1.807) is 6.26 Å². The third-order valence-corrected chi connectivity index (χ3v) is 3.65. The number of hydrogen-bond donors (Lipinski definition) is 1. The highest BCUT2D eigenvalue weighted by Gasteiger charge is 2.25. The fourth-order valence-corrected chi connectivity index (χ4v) is 2.72. The number of furan rings is 1. The van der Waals surface area contributed by atoms with E-state index in [9.17, 15) is 4.79 Å². The van der Waals surface area contributed by atoms with Crippen molar-refractivity contribution in [1.29, 1.82) is 0 Å². The summed E-state index contributed by atoms with van der Waals surface area (Å²) in [5, 5.41) is 4.62. The molecule has 94 valence electrons. The van der Waals surface area contributed by atoms with Crippen molar-refractivity contribution in [2.45, 2.75) is 38.8 Å². The number of piperidine rings is 1. The SMILES string of the molecule is Cc1coc2cc(C3CC(=O)CC(C)N3)ccc12. The molecule has 2 heterocycles. The lowest BCUT2D eigenvalue weighted by molar-refractivity contribution is -0.121. The Kier molecular flexibility index (Phi) is 2.71. The molecule has 2 aromatic rings. The lowest BCUT2D eigenvalue weighted by Crippen LogP contribution is -2.38. The van der Waals surface area contributed by atoms with Crippen LogP contribution in [-0.4, -0.2) is 11.8 Å². The quantitative estimate of drug-likeness (QED) is 0.836. The molecule has 3 heteroatoms. The summed E-state index contributed by atoms with van der Waals surface area (Å²) in [5.41, 5.74) is 3.19. The predicted octanol–water partition coefficient (Wildman–Crippen LogP) is 3.12. The van der Waals surface area contributed by atoms with Crippen LogP contribution >= 0.6 is 0 Å². The number of nitrogens with one attached hydrogen (secondary N) is 1. The average Bonchev–Trinajstić information content (AvgIpc) is 2.69. The summed E-state index contributed by atoms with van der Waals surface area (Å²) < 4.78 is 5.52. The van der Waals surface area contributed by atoms with Gasteiger partial charge in [-0.05, 0) is 31.0 Å². The first-order valence-corrected chi connectivity index (χ1v) is 6.39. The van der Waals surface area contributed by atoms with Gasteiger partial charge >= 0.3 is 0 Å². The lowest BCUT2D eigenvalue weighted by atomic mass is 9.92. The van der Waals surface area contributed by atoms with Gasteiger partial charge in [0.25, 0.3) is 0 Å². The summed E-state index contributed by atoms with van der Waals surface area (Å²) in [6.07, 6.45) is 2.99. The van der Waals surface area contributed by atoms with Crippen LogP contribution in [0.3, 0.4) is 0 Å². The van der Waals surface area contributed by atoms with Crippen LogP contribution in [0.1, 0.15) is 36.9 Å². The van der Waals surface area contributed by atoms with E-state index >= 15 is 0 Å². The molecule has 3 rings (SSSR count). The molecule has 1 aromatic carbocycles. The Bertz CT molecular complexity index is 600. The third kappa shape index (κ3) is 1.95. The van der Waals surface area contributed by atoms with Crippen LogP contribution < -0.4 is 5.32 Å². The van der Waals surface area contributed by atoms with Gasteiger partial charge in [-0.15, -0.1) is 0 Å². The maximum absolute atomic E-state index is 11.7. The van der Waals surface area contributed by atoms with Gasteiger partial charge in [0, 0.05) is 30.3 Å². The van der Waals surface area contributed by atoms with Gasteiger partial charge in [0.1, 0.15) is 11.4 Å².